The van der Waals surface area contributed by atoms with Gasteiger partial charge < -0.3 is 15.2 Å². The van der Waals surface area contributed by atoms with Gasteiger partial charge in [-0.25, -0.2) is 0 Å². The molecule has 0 bridgehead atoms. The highest BCUT2D eigenvalue weighted by Crippen LogP contribution is 2.12. The number of carbonyl (C=O) groups is 2. The van der Waals surface area contributed by atoms with Crippen molar-refractivity contribution in [2.75, 3.05) is 13.1 Å². The molecule has 0 aliphatic carbocycles. The molecular formula is C12H16BrN3O2. The standard InChI is InChI=1S/C12H16BrN3O2/c1-8(12(18)16-4-2-3-5-16)15-11(17)10-6-9(13)7-14-10/h6-8,14H,2-5H2,1H3,(H,15,17). The molecule has 2 N–H and O–H groups in total. The molecule has 1 aliphatic heterocycles. The van der Waals surface area contributed by atoms with E-state index in [2.05, 4.69) is 26.2 Å². The molecule has 1 aromatic heterocycles. The molecule has 2 heterocycles. The number of carbonyl (C=O) groups excluding carboxylic acids is 2. The molecule has 1 unspecified atom stereocenters. The highest BCUT2D eigenvalue weighted by molar-refractivity contribution is 9.10. The number of hydrogen-bond acceptors (Lipinski definition) is 2. The second-order valence-corrected chi connectivity index (χ2v) is 5.37. The third-order valence-electron chi connectivity index (χ3n) is 3.03. The van der Waals surface area contributed by atoms with Crippen LogP contribution in [0.4, 0.5) is 0 Å². The molecule has 0 saturated carbocycles. The summed E-state index contributed by atoms with van der Waals surface area (Å²) in [6.07, 6.45) is 3.79. The Morgan fingerprint density at radius 1 is 1.44 bits per heavy atom. The zero-order chi connectivity index (χ0) is 13.1. The predicted molar refractivity (Wildman–Crippen MR) is 71.2 cm³/mol. The van der Waals surface area contributed by atoms with E-state index in [-0.39, 0.29) is 11.8 Å². The molecule has 1 aromatic rings. The van der Waals surface area contributed by atoms with Gasteiger partial charge >= 0.3 is 0 Å². The van der Waals surface area contributed by atoms with Gasteiger partial charge in [-0.2, -0.15) is 0 Å². The summed E-state index contributed by atoms with van der Waals surface area (Å²) >= 11 is 3.26. The molecule has 98 valence electrons. The van der Waals surface area contributed by atoms with Gasteiger partial charge in [0, 0.05) is 23.8 Å². The zero-order valence-electron chi connectivity index (χ0n) is 10.2. The van der Waals surface area contributed by atoms with Gasteiger partial charge in [0.05, 0.1) is 0 Å². The monoisotopic (exact) mass is 313 g/mol. The topological polar surface area (TPSA) is 65.2 Å². The number of hydrogen-bond donors (Lipinski definition) is 2. The summed E-state index contributed by atoms with van der Waals surface area (Å²) in [5.41, 5.74) is 0.447. The smallest absolute Gasteiger partial charge is 0.268 e. The summed E-state index contributed by atoms with van der Waals surface area (Å²) in [6, 6.07) is 1.19. The molecule has 5 nitrogen and oxygen atoms in total. The minimum absolute atomic E-state index is 0.00790. The lowest BCUT2D eigenvalue weighted by Gasteiger charge is -2.20. The van der Waals surface area contributed by atoms with Gasteiger partial charge in [0.1, 0.15) is 11.7 Å². The van der Waals surface area contributed by atoms with Crippen LogP contribution in [0.3, 0.4) is 0 Å². The average molecular weight is 314 g/mol. The maximum Gasteiger partial charge on any atom is 0.268 e. The number of amides is 2. The van der Waals surface area contributed by atoms with E-state index in [1.807, 2.05) is 0 Å². The summed E-state index contributed by atoms with van der Waals surface area (Å²) in [5.74, 6) is -0.271. The first kappa shape index (κ1) is 13.1. The minimum Gasteiger partial charge on any atom is -0.356 e. The number of nitrogens with zero attached hydrogens (tertiary/aromatic N) is 1. The number of aromatic amines is 1. The summed E-state index contributed by atoms with van der Waals surface area (Å²) < 4.78 is 0.811. The Balaban J connectivity index is 1.92. The predicted octanol–water partition coefficient (Wildman–Crippen LogP) is 1.52. The van der Waals surface area contributed by atoms with E-state index in [0.29, 0.717) is 5.69 Å². The molecule has 2 rings (SSSR count). The van der Waals surface area contributed by atoms with Crippen LogP contribution < -0.4 is 5.32 Å². The largest absolute Gasteiger partial charge is 0.356 e. The molecular weight excluding hydrogens is 298 g/mol. The fraction of sp³-hybridized carbons (Fsp3) is 0.500. The normalized spacial score (nSPS) is 16.7. The lowest BCUT2D eigenvalue weighted by atomic mass is 10.2. The van der Waals surface area contributed by atoms with E-state index in [4.69, 9.17) is 0 Å². The van der Waals surface area contributed by atoms with Crippen molar-refractivity contribution in [3.8, 4) is 0 Å². The number of H-pyrrole nitrogens is 1. The molecule has 6 heteroatoms. The first-order valence-corrected chi connectivity index (χ1v) is 6.81. The molecule has 2 amide bonds. The van der Waals surface area contributed by atoms with Gasteiger partial charge in [-0.3, -0.25) is 9.59 Å². The van der Waals surface area contributed by atoms with Crippen molar-refractivity contribution in [3.05, 3.63) is 22.4 Å². The van der Waals surface area contributed by atoms with E-state index < -0.39 is 6.04 Å². The van der Waals surface area contributed by atoms with Crippen LogP contribution >= 0.6 is 15.9 Å². The fourth-order valence-corrected chi connectivity index (χ4v) is 2.39. The summed E-state index contributed by atoms with van der Waals surface area (Å²) in [5, 5.41) is 2.70. The quantitative estimate of drug-likeness (QED) is 0.888. The van der Waals surface area contributed by atoms with Gasteiger partial charge in [0.25, 0.3) is 5.91 Å². The molecule has 18 heavy (non-hydrogen) atoms. The average Bonchev–Trinajstić information content (AvgIpc) is 2.98. The van der Waals surface area contributed by atoms with Crippen LogP contribution in [-0.2, 0) is 4.79 Å². The van der Waals surface area contributed by atoms with Crippen molar-refractivity contribution in [2.24, 2.45) is 0 Å². The lowest BCUT2D eigenvalue weighted by molar-refractivity contribution is -0.131. The SMILES string of the molecule is CC(NC(=O)c1cc(Br)c[nH]1)C(=O)N1CCCC1. The number of aromatic nitrogens is 1. The molecule has 1 aliphatic rings. The first-order chi connectivity index (χ1) is 8.58. The molecule has 0 spiro atoms. The number of rotatable bonds is 3. The molecule has 1 fully saturated rings. The summed E-state index contributed by atoms with van der Waals surface area (Å²) in [7, 11) is 0. The maximum absolute atomic E-state index is 12.0. The Morgan fingerprint density at radius 2 is 2.11 bits per heavy atom. The van der Waals surface area contributed by atoms with Crippen molar-refractivity contribution in [2.45, 2.75) is 25.8 Å². The van der Waals surface area contributed by atoms with E-state index >= 15 is 0 Å². The van der Waals surface area contributed by atoms with Crippen LogP contribution in [0.5, 0.6) is 0 Å². The summed E-state index contributed by atoms with van der Waals surface area (Å²) in [4.78, 5) is 28.5. The van der Waals surface area contributed by atoms with Crippen LogP contribution in [0.2, 0.25) is 0 Å². The van der Waals surface area contributed by atoms with E-state index in [1.54, 1.807) is 24.1 Å². The second-order valence-electron chi connectivity index (χ2n) is 4.46. The first-order valence-electron chi connectivity index (χ1n) is 6.01. The Morgan fingerprint density at radius 3 is 2.67 bits per heavy atom. The van der Waals surface area contributed by atoms with Crippen LogP contribution in [0.25, 0.3) is 0 Å². The number of halogens is 1. The van der Waals surface area contributed by atoms with E-state index in [9.17, 15) is 9.59 Å². The third kappa shape index (κ3) is 2.93. The maximum atomic E-state index is 12.0. The van der Waals surface area contributed by atoms with Crippen molar-refractivity contribution in [1.29, 1.82) is 0 Å². The van der Waals surface area contributed by atoms with Gasteiger partial charge in [-0.15, -0.1) is 0 Å². The van der Waals surface area contributed by atoms with Gasteiger partial charge in [-0.1, -0.05) is 0 Å². The fourth-order valence-electron chi connectivity index (χ4n) is 2.05. The Bertz CT molecular complexity index is 452. The van der Waals surface area contributed by atoms with Crippen LogP contribution in [-0.4, -0.2) is 40.8 Å². The number of likely N-dealkylation sites (tertiary alicyclic amines) is 1. The Kier molecular flexibility index (Phi) is 4.06. The number of nitrogens with one attached hydrogen (secondary N) is 2. The second kappa shape index (κ2) is 5.56. The van der Waals surface area contributed by atoms with E-state index in [0.717, 1.165) is 30.4 Å². The van der Waals surface area contributed by atoms with Gasteiger partial charge in [0.15, 0.2) is 0 Å². The third-order valence-corrected chi connectivity index (χ3v) is 3.49. The molecule has 1 atom stereocenters. The van der Waals surface area contributed by atoms with Crippen LogP contribution in [0, 0.1) is 0 Å². The Hall–Kier alpha value is -1.30. The summed E-state index contributed by atoms with van der Waals surface area (Å²) in [6.45, 7) is 3.32. The van der Waals surface area contributed by atoms with Crippen molar-refractivity contribution < 1.29 is 9.59 Å². The van der Waals surface area contributed by atoms with E-state index in [1.165, 1.54) is 0 Å². The Labute approximate surface area is 114 Å². The van der Waals surface area contributed by atoms with Crippen LogP contribution in [0.1, 0.15) is 30.3 Å². The minimum atomic E-state index is -0.488. The van der Waals surface area contributed by atoms with Gasteiger partial charge in [0.2, 0.25) is 5.91 Å². The molecule has 1 saturated heterocycles. The lowest BCUT2D eigenvalue weighted by Crippen LogP contribution is -2.46. The van der Waals surface area contributed by atoms with Crippen LogP contribution in [0.15, 0.2) is 16.7 Å². The van der Waals surface area contributed by atoms with Crippen molar-refractivity contribution >= 4 is 27.7 Å². The highest BCUT2D eigenvalue weighted by atomic mass is 79.9. The molecule has 0 aromatic carbocycles. The highest BCUT2D eigenvalue weighted by Gasteiger charge is 2.24. The zero-order valence-corrected chi connectivity index (χ0v) is 11.8. The molecule has 0 radical (unpaired) electrons. The van der Waals surface area contributed by atoms with Gasteiger partial charge in [-0.05, 0) is 41.8 Å². The van der Waals surface area contributed by atoms with Crippen molar-refractivity contribution in [3.63, 3.8) is 0 Å². The van der Waals surface area contributed by atoms with Crippen molar-refractivity contribution in [1.82, 2.24) is 15.2 Å².